The molecule has 2 nitrogen and oxygen atoms in total. The molecular formula is C23H47GeNOSi. The van der Waals surface area contributed by atoms with Gasteiger partial charge in [-0.1, -0.05) is 0 Å². The fraction of sp³-hybridized carbons (Fsp3) is 0.826. The van der Waals surface area contributed by atoms with Crippen molar-refractivity contribution in [3.05, 3.63) is 12.1 Å². The molecule has 1 aromatic heterocycles. The van der Waals surface area contributed by atoms with Crippen LogP contribution in [0, 0.1) is 0 Å². The summed E-state index contributed by atoms with van der Waals surface area (Å²) in [4.78, 5) is 2.71. The van der Waals surface area contributed by atoms with Gasteiger partial charge in [0.05, 0.1) is 0 Å². The van der Waals surface area contributed by atoms with Crippen LogP contribution in [0.15, 0.2) is 16.5 Å². The molecule has 0 spiro atoms. The molecule has 27 heavy (non-hydrogen) atoms. The first-order chi connectivity index (χ1) is 12.9. The Morgan fingerprint density at radius 3 is 1.81 bits per heavy atom. The van der Waals surface area contributed by atoms with Gasteiger partial charge in [-0.15, -0.1) is 0 Å². The first kappa shape index (κ1) is 25.0. The molecule has 1 heterocycles. The molecule has 4 heteroatoms. The molecule has 0 saturated heterocycles. The number of hydrogen-bond acceptors (Lipinski definition) is 2. The van der Waals surface area contributed by atoms with Crippen molar-refractivity contribution in [2.24, 2.45) is 0 Å². The molecule has 0 fully saturated rings. The van der Waals surface area contributed by atoms with E-state index in [-0.39, 0.29) is 0 Å². The molecular weight excluding hydrogens is 407 g/mol. The first-order valence-corrected chi connectivity index (χ1v) is 20.4. The molecule has 1 aromatic rings. The van der Waals surface area contributed by atoms with Crippen molar-refractivity contribution < 1.29 is 4.42 Å². The van der Waals surface area contributed by atoms with Crippen molar-refractivity contribution in [3.63, 3.8) is 0 Å². The fourth-order valence-electron chi connectivity index (χ4n) is 4.23. The van der Waals surface area contributed by atoms with Gasteiger partial charge in [0.25, 0.3) is 0 Å². The second-order valence-electron chi connectivity index (χ2n) is 9.04. The zero-order valence-electron chi connectivity index (χ0n) is 19.5. The van der Waals surface area contributed by atoms with E-state index >= 15 is 0 Å². The molecule has 0 aliphatic carbocycles. The second kappa shape index (κ2) is 12.5. The van der Waals surface area contributed by atoms with Crippen LogP contribution in [0.2, 0.25) is 34.9 Å². The Bertz CT molecular complexity index is 494. The summed E-state index contributed by atoms with van der Waals surface area (Å²) in [7, 11) is -1.47. The predicted molar refractivity (Wildman–Crippen MR) is 128 cm³/mol. The summed E-state index contributed by atoms with van der Waals surface area (Å²) in [5.41, 5.74) is 0. The van der Waals surface area contributed by atoms with E-state index in [2.05, 4.69) is 64.7 Å². The van der Waals surface area contributed by atoms with Gasteiger partial charge in [0.2, 0.25) is 0 Å². The molecule has 0 aliphatic rings. The minimum absolute atomic E-state index is 1.27. The summed E-state index contributed by atoms with van der Waals surface area (Å²) in [6.45, 7) is 20.6. The van der Waals surface area contributed by atoms with Gasteiger partial charge in [-0.05, 0) is 0 Å². The molecule has 0 saturated carbocycles. The number of rotatable bonds is 15. The molecule has 0 aliphatic heterocycles. The maximum absolute atomic E-state index is 6.61. The third-order valence-corrected chi connectivity index (χ3v) is 21.2. The number of hydrogen-bond donors (Lipinski definition) is 0. The van der Waals surface area contributed by atoms with E-state index < -0.39 is 21.3 Å². The van der Waals surface area contributed by atoms with Gasteiger partial charge in [-0.3, -0.25) is 0 Å². The molecule has 1 rings (SSSR count). The van der Waals surface area contributed by atoms with Crippen LogP contribution in [-0.2, 0) is 0 Å². The number of unbranched alkanes of at least 4 members (excludes halogenated alkanes) is 2. The summed E-state index contributed by atoms with van der Waals surface area (Å²) in [5, 5.41) is 5.42. The van der Waals surface area contributed by atoms with Crippen LogP contribution in [0.5, 0.6) is 0 Å². The Labute approximate surface area is 173 Å². The van der Waals surface area contributed by atoms with Crippen LogP contribution in [0.25, 0.3) is 0 Å². The quantitative estimate of drug-likeness (QED) is 0.294. The Hall–Kier alpha value is -0.000260. The van der Waals surface area contributed by atoms with Crippen LogP contribution in [0.4, 0.5) is 0 Å². The van der Waals surface area contributed by atoms with Crippen molar-refractivity contribution in [1.29, 1.82) is 0 Å². The van der Waals surface area contributed by atoms with E-state index in [1.54, 1.807) is 0 Å². The Kier molecular flexibility index (Phi) is 11.6. The zero-order chi connectivity index (χ0) is 20.3. The average molecular weight is 454 g/mol. The summed E-state index contributed by atoms with van der Waals surface area (Å²) >= 11 is -1.95. The summed E-state index contributed by atoms with van der Waals surface area (Å²) in [6, 6.07) is 6.07. The predicted octanol–water partition coefficient (Wildman–Crippen LogP) is 6.20. The number of furan rings is 1. The van der Waals surface area contributed by atoms with E-state index in [1.807, 2.05) is 0 Å². The van der Waals surface area contributed by atoms with E-state index in [0.29, 0.717) is 0 Å². The third-order valence-electron chi connectivity index (χ3n) is 6.76. The zero-order valence-corrected chi connectivity index (χ0v) is 22.6. The maximum atomic E-state index is 6.61. The van der Waals surface area contributed by atoms with Crippen molar-refractivity contribution in [3.8, 4) is 0 Å². The SMILES string of the molecule is CCCCN(CCCC)CCC[Si](C)(C)c1cc[c]([Ge]([CH2]C)([CH2]C)[CH2]C)o1. The van der Waals surface area contributed by atoms with Gasteiger partial charge < -0.3 is 0 Å². The number of nitrogens with zero attached hydrogens (tertiary/aromatic N) is 1. The fourth-order valence-corrected chi connectivity index (χ4v) is 13.6. The molecule has 0 atom stereocenters. The van der Waals surface area contributed by atoms with E-state index in [9.17, 15) is 0 Å². The van der Waals surface area contributed by atoms with Crippen molar-refractivity contribution in [1.82, 2.24) is 4.90 Å². The molecule has 158 valence electrons. The van der Waals surface area contributed by atoms with E-state index in [0.717, 1.165) is 0 Å². The normalized spacial score (nSPS) is 12.9. The molecule has 0 N–H and O–H groups in total. The minimum atomic E-state index is -1.95. The Morgan fingerprint density at radius 2 is 1.33 bits per heavy atom. The van der Waals surface area contributed by atoms with Crippen LogP contribution < -0.4 is 9.98 Å². The molecule has 0 unspecified atom stereocenters. The van der Waals surface area contributed by atoms with Crippen LogP contribution in [0.3, 0.4) is 0 Å². The van der Waals surface area contributed by atoms with Gasteiger partial charge in [0.15, 0.2) is 0 Å². The molecule has 0 amide bonds. The van der Waals surface area contributed by atoms with E-state index in [1.165, 1.54) is 83.5 Å². The molecule has 0 radical (unpaired) electrons. The monoisotopic (exact) mass is 455 g/mol. The van der Waals surface area contributed by atoms with Crippen molar-refractivity contribution >= 4 is 31.3 Å². The van der Waals surface area contributed by atoms with Crippen molar-refractivity contribution in [2.45, 2.75) is 102 Å². The first-order valence-electron chi connectivity index (χ1n) is 11.7. The molecule has 0 bridgehead atoms. The Morgan fingerprint density at radius 1 is 0.815 bits per heavy atom. The summed E-state index contributed by atoms with van der Waals surface area (Å²) in [5.74, 6) is 0. The summed E-state index contributed by atoms with van der Waals surface area (Å²) < 4.78 is 8.03. The van der Waals surface area contributed by atoms with Crippen LogP contribution in [-0.4, -0.2) is 45.9 Å². The van der Waals surface area contributed by atoms with Crippen LogP contribution in [0.1, 0.15) is 66.7 Å². The third kappa shape index (κ3) is 7.40. The van der Waals surface area contributed by atoms with Gasteiger partial charge >= 0.3 is 174 Å². The van der Waals surface area contributed by atoms with Crippen molar-refractivity contribution in [2.75, 3.05) is 19.6 Å². The topological polar surface area (TPSA) is 16.4 Å². The second-order valence-corrected chi connectivity index (χ2v) is 24.7. The summed E-state index contributed by atoms with van der Waals surface area (Å²) in [6.07, 6.45) is 6.61. The van der Waals surface area contributed by atoms with Gasteiger partial charge in [0, 0.05) is 0 Å². The van der Waals surface area contributed by atoms with Gasteiger partial charge in [-0.2, -0.15) is 0 Å². The molecule has 0 aromatic carbocycles. The average Bonchev–Trinajstić information content (AvgIpc) is 3.17. The van der Waals surface area contributed by atoms with Gasteiger partial charge in [0.1, 0.15) is 0 Å². The van der Waals surface area contributed by atoms with E-state index in [4.69, 9.17) is 4.42 Å². The van der Waals surface area contributed by atoms with Gasteiger partial charge in [-0.25, -0.2) is 0 Å². The standard InChI is InChI=1S/C23H47GeNOSi/c1-8-13-18-25(19-14-9-2)20-15-21-27(6,7)23-17-16-22(26-23)24(10-3,11-4)12-5/h16-17H,8-15,18-21H2,1-7H3. The van der Waals surface area contributed by atoms with Crippen LogP contribution >= 0.6 is 0 Å². The Balaban J connectivity index is 2.69.